The van der Waals surface area contributed by atoms with Gasteiger partial charge in [-0.15, -0.1) is 0 Å². The summed E-state index contributed by atoms with van der Waals surface area (Å²) in [6, 6.07) is 12.0. The van der Waals surface area contributed by atoms with Crippen molar-refractivity contribution in [3.8, 4) is 0 Å². The van der Waals surface area contributed by atoms with Crippen LogP contribution in [-0.4, -0.2) is 15.2 Å². The number of benzene rings is 1. The molecule has 0 radical (unpaired) electrons. The summed E-state index contributed by atoms with van der Waals surface area (Å²) in [4.78, 5) is 4.38. The molecule has 0 amide bonds. The minimum Gasteiger partial charge on any atom is -0.379 e. The monoisotopic (exact) mass is 302 g/mol. The summed E-state index contributed by atoms with van der Waals surface area (Å²) < 4.78 is 0.854. The third-order valence-electron chi connectivity index (χ3n) is 2.69. The van der Waals surface area contributed by atoms with Crippen LogP contribution in [0.15, 0.2) is 47.2 Å². The van der Waals surface area contributed by atoms with Gasteiger partial charge in [0.25, 0.3) is 0 Å². The summed E-state index contributed by atoms with van der Waals surface area (Å²) in [7, 11) is 0. The lowest BCUT2D eigenvalue weighted by molar-refractivity contribution is 1.03. The molecule has 18 heavy (non-hydrogen) atoms. The van der Waals surface area contributed by atoms with E-state index in [9.17, 15) is 0 Å². The molecule has 2 N–H and O–H groups in total. The van der Waals surface area contributed by atoms with Crippen LogP contribution in [0.2, 0.25) is 0 Å². The van der Waals surface area contributed by atoms with Gasteiger partial charge in [0, 0.05) is 11.1 Å². The molecule has 0 aliphatic carbocycles. The predicted octanol–water partition coefficient (Wildman–Crippen LogP) is 3.33. The van der Waals surface area contributed by atoms with Gasteiger partial charge in [0.05, 0.1) is 24.0 Å². The number of pyridine rings is 1. The lowest BCUT2D eigenvalue weighted by Crippen LogP contribution is -2.01. The Bertz CT molecular complexity index is 677. The standard InChI is InChI=1S/C13H11BrN4/c14-13-3-1-2-11(17-13)8-15-10-4-5-12-9(6-10)7-16-18-12/h1-7,15H,8H2,(H,16,18). The van der Waals surface area contributed by atoms with Crippen LogP contribution in [0.3, 0.4) is 0 Å². The maximum atomic E-state index is 4.38. The van der Waals surface area contributed by atoms with E-state index in [1.807, 2.05) is 36.5 Å². The highest BCUT2D eigenvalue weighted by Gasteiger charge is 1.99. The van der Waals surface area contributed by atoms with Crippen molar-refractivity contribution in [1.82, 2.24) is 15.2 Å². The van der Waals surface area contributed by atoms with Crippen LogP contribution in [0.5, 0.6) is 0 Å². The number of nitrogens with zero attached hydrogens (tertiary/aromatic N) is 2. The molecule has 0 atom stereocenters. The largest absolute Gasteiger partial charge is 0.379 e. The zero-order chi connectivity index (χ0) is 12.4. The predicted molar refractivity (Wildman–Crippen MR) is 75.4 cm³/mol. The van der Waals surface area contributed by atoms with Gasteiger partial charge in [0.15, 0.2) is 0 Å². The summed E-state index contributed by atoms with van der Waals surface area (Å²) in [6.07, 6.45) is 1.82. The van der Waals surface area contributed by atoms with E-state index in [-0.39, 0.29) is 0 Å². The number of anilines is 1. The van der Waals surface area contributed by atoms with Crippen molar-refractivity contribution >= 4 is 32.5 Å². The molecule has 1 aromatic carbocycles. The van der Waals surface area contributed by atoms with Gasteiger partial charge in [0.2, 0.25) is 0 Å². The lowest BCUT2D eigenvalue weighted by atomic mass is 10.2. The third kappa shape index (κ3) is 2.36. The van der Waals surface area contributed by atoms with Gasteiger partial charge in [-0.25, -0.2) is 4.98 Å². The average molecular weight is 303 g/mol. The molecule has 3 rings (SSSR count). The van der Waals surface area contributed by atoms with Crippen molar-refractivity contribution in [3.05, 3.63) is 52.9 Å². The van der Waals surface area contributed by atoms with Gasteiger partial charge in [-0.05, 0) is 46.3 Å². The van der Waals surface area contributed by atoms with Crippen molar-refractivity contribution in [2.75, 3.05) is 5.32 Å². The van der Waals surface area contributed by atoms with Crippen LogP contribution in [0.4, 0.5) is 5.69 Å². The van der Waals surface area contributed by atoms with Crippen LogP contribution in [0.1, 0.15) is 5.69 Å². The molecule has 0 aliphatic rings. The van der Waals surface area contributed by atoms with E-state index in [1.54, 1.807) is 0 Å². The quantitative estimate of drug-likeness (QED) is 0.730. The highest BCUT2D eigenvalue weighted by atomic mass is 79.9. The number of H-pyrrole nitrogens is 1. The lowest BCUT2D eigenvalue weighted by Gasteiger charge is -2.06. The second-order valence-corrected chi connectivity index (χ2v) is 4.79. The number of aromatic amines is 1. The van der Waals surface area contributed by atoms with Crippen LogP contribution < -0.4 is 5.32 Å². The first kappa shape index (κ1) is 11.2. The van der Waals surface area contributed by atoms with Crippen molar-refractivity contribution in [2.45, 2.75) is 6.54 Å². The zero-order valence-electron chi connectivity index (χ0n) is 9.52. The number of halogens is 1. The molecule has 0 saturated carbocycles. The fourth-order valence-corrected chi connectivity index (χ4v) is 2.17. The third-order valence-corrected chi connectivity index (χ3v) is 3.13. The molecule has 2 aromatic heterocycles. The molecule has 4 nitrogen and oxygen atoms in total. The summed E-state index contributed by atoms with van der Waals surface area (Å²) in [5.74, 6) is 0. The summed E-state index contributed by atoms with van der Waals surface area (Å²) in [6.45, 7) is 0.697. The van der Waals surface area contributed by atoms with Gasteiger partial charge < -0.3 is 5.32 Å². The molecule has 5 heteroatoms. The van der Waals surface area contributed by atoms with Crippen molar-refractivity contribution in [3.63, 3.8) is 0 Å². The van der Waals surface area contributed by atoms with Gasteiger partial charge in [-0.2, -0.15) is 5.10 Å². The Balaban J connectivity index is 1.76. The Morgan fingerprint density at radius 1 is 1.22 bits per heavy atom. The highest BCUT2D eigenvalue weighted by Crippen LogP contribution is 2.17. The second-order valence-electron chi connectivity index (χ2n) is 3.98. The van der Waals surface area contributed by atoms with Crippen LogP contribution in [0.25, 0.3) is 10.9 Å². The van der Waals surface area contributed by atoms with Crippen LogP contribution in [-0.2, 0) is 6.54 Å². The molecule has 0 spiro atoms. The molecular weight excluding hydrogens is 292 g/mol. The van der Waals surface area contributed by atoms with Gasteiger partial charge >= 0.3 is 0 Å². The molecule has 90 valence electrons. The minimum absolute atomic E-state index is 0.697. The second kappa shape index (κ2) is 4.78. The van der Waals surface area contributed by atoms with Gasteiger partial charge in [0.1, 0.15) is 4.60 Å². The van der Waals surface area contributed by atoms with Gasteiger partial charge in [-0.3, -0.25) is 5.10 Å². The molecule has 2 heterocycles. The molecule has 0 unspecified atom stereocenters. The summed E-state index contributed by atoms with van der Waals surface area (Å²) in [5.41, 5.74) is 3.10. The highest BCUT2D eigenvalue weighted by molar-refractivity contribution is 9.10. The number of fused-ring (bicyclic) bond motifs is 1. The number of nitrogens with one attached hydrogen (secondary N) is 2. The smallest absolute Gasteiger partial charge is 0.106 e. The SMILES string of the molecule is Brc1cccc(CNc2ccc3[nH]ncc3c2)n1. The molecule has 3 aromatic rings. The first-order chi connectivity index (χ1) is 8.81. The Labute approximate surface area is 113 Å². The Morgan fingerprint density at radius 2 is 2.17 bits per heavy atom. The fourth-order valence-electron chi connectivity index (χ4n) is 1.79. The van der Waals surface area contributed by atoms with Crippen molar-refractivity contribution in [2.24, 2.45) is 0 Å². The molecule has 0 bridgehead atoms. The first-order valence-corrected chi connectivity index (χ1v) is 6.39. The Morgan fingerprint density at radius 3 is 3.06 bits per heavy atom. The van der Waals surface area contributed by atoms with Crippen molar-refractivity contribution < 1.29 is 0 Å². The zero-order valence-corrected chi connectivity index (χ0v) is 11.1. The van der Waals surface area contributed by atoms with E-state index in [2.05, 4.69) is 42.5 Å². The number of rotatable bonds is 3. The van der Waals surface area contributed by atoms with E-state index >= 15 is 0 Å². The summed E-state index contributed by atoms with van der Waals surface area (Å²) in [5, 5.41) is 11.4. The number of aromatic nitrogens is 3. The number of hydrogen-bond acceptors (Lipinski definition) is 3. The normalized spacial score (nSPS) is 10.7. The maximum Gasteiger partial charge on any atom is 0.106 e. The minimum atomic E-state index is 0.697. The topological polar surface area (TPSA) is 53.6 Å². The van der Waals surface area contributed by atoms with E-state index in [1.165, 1.54) is 0 Å². The first-order valence-electron chi connectivity index (χ1n) is 5.60. The van der Waals surface area contributed by atoms with Crippen molar-refractivity contribution in [1.29, 1.82) is 0 Å². The fraction of sp³-hybridized carbons (Fsp3) is 0.0769. The van der Waals surface area contributed by atoms with E-state index in [0.717, 1.165) is 26.9 Å². The van der Waals surface area contributed by atoms with Gasteiger partial charge in [-0.1, -0.05) is 6.07 Å². The van der Waals surface area contributed by atoms with E-state index in [0.29, 0.717) is 6.54 Å². The van der Waals surface area contributed by atoms with Crippen LogP contribution in [0, 0.1) is 0 Å². The molecule has 0 saturated heterocycles. The Hall–Kier alpha value is -1.88. The molecule has 0 fully saturated rings. The summed E-state index contributed by atoms with van der Waals surface area (Å²) >= 11 is 3.36. The average Bonchev–Trinajstić information content (AvgIpc) is 2.84. The van der Waals surface area contributed by atoms with Crippen LogP contribution >= 0.6 is 15.9 Å². The molecular formula is C13H11BrN4. The molecule has 0 aliphatic heterocycles. The van der Waals surface area contributed by atoms with E-state index < -0.39 is 0 Å². The maximum absolute atomic E-state index is 4.38. The van der Waals surface area contributed by atoms with E-state index in [4.69, 9.17) is 0 Å². The number of hydrogen-bond donors (Lipinski definition) is 2. The Kier molecular flexibility index (Phi) is 2.98.